The summed E-state index contributed by atoms with van der Waals surface area (Å²) in [5.74, 6) is 0. The largest absolute Gasteiger partial charge is 0.355 e. The van der Waals surface area contributed by atoms with Gasteiger partial charge in [-0.25, -0.2) is 8.78 Å². The second kappa shape index (κ2) is 3.35. The van der Waals surface area contributed by atoms with Crippen LogP contribution in [0.25, 0.3) is 0 Å². The van der Waals surface area contributed by atoms with Gasteiger partial charge in [0.05, 0.1) is 10.2 Å². The summed E-state index contributed by atoms with van der Waals surface area (Å²) in [5, 5.41) is 0. The second-order valence-corrected chi connectivity index (χ2v) is 3.11. The summed E-state index contributed by atoms with van der Waals surface area (Å²) in [6, 6.07) is 0. The molecule has 0 saturated heterocycles. The summed E-state index contributed by atoms with van der Waals surface area (Å²) in [7, 11) is 0. The predicted octanol–water partition coefficient (Wildman–Crippen LogP) is 2.38. The molecule has 0 amide bonds. The standard InChI is InChI=1S/C7H6BrF2NO/c1-3-5(12)4(7(9)10)2-11-6(3)8/h2,7H,1H3,(H,11,12). The molecule has 5 heteroatoms. The number of aromatic nitrogens is 1. The summed E-state index contributed by atoms with van der Waals surface area (Å²) < 4.78 is 24.7. The Morgan fingerprint density at radius 3 is 2.67 bits per heavy atom. The number of hydrogen-bond acceptors (Lipinski definition) is 1. The number of aromatic amines is 1. The van der Waals surface area contributed by atoms with Gasteiger partial charge < -0.3 is 4.98 Å². The van der Waals surface area contributed by atoms with Crippen molar-refractivity contribution >= 4 is 15.9 Å². The van der Waals surface area contributed by atoms with Gasteiger partial charge in [0, 0.05) is 11.8 Å². The van der Waals surface area contributed by atoms with Gasteiger partial charge in [0.1, 0.15) is 0 Å². The Labute approximate surface area is 75.7 Å². The minimum absolute atomic E-state index is 0.271. The summed E-state index contributed by atoms with van der Waals surface area (Å²) in [6.45, 7) is 1.48. The molecular weight excluding hydrogens is 232 g/mol. The zero-order valence-corrected chi connectivity index (χ0v) is 7.78. The molecule has 0 aliphatic rings. The normalized spacial score (nSPS) is 10.8. The van der Waals surface area contributed by atoms with Crippen LogP contribution in [0.15, 0.2) is 15.6 Å². The highest BCUT2D eigenvalue weighted by atomic mass is 79.9. The molecule has 0 spiro atoms. The van der Waals surface area contributed by atoms with Gasteiger partial charge in [-0.15, -0.1) is 0 Å². The van der Waals surface area contributed by atoms with Crippen LogP contribution in [0.4, 0.5) is 8.78 Å². The van der Waals surface area contributed by atoms with E-state index in [-0.39, 0.29) is 5.56 Å². The maximum absolute atomic E-state index is 12.1. The van der Waals surface area contributed by atoms with Crippen LogP contribution in [-0.2, 0) is 0 Å². The summed E-state index contributed by atoms with van der Waals surface area (Å²) >= 11 is 3.03. The highest BCUT2D eigenvalue weighted by Crippen LogP contribution is 2.16. The van der Waals surface area contributed by atoms with Crippen LogP contribution in [0.2, 0.25) is 0 Å². The van der Waals surface area contributed by atoms with Crippen molar-refractivity contribution in [3.8, 4) is 0 Å². The maximum atomic E-state index is 12.1. The van der Waals surface area contributed by atoms with E-state index in [1.807, 2.05) is 0 Å². The minimum Gasteiger partial charge on any atom is -0.355 e. The van der Waals surface area contributed by atoms with Crippen LogP contribution in [0, 0.1) is 6.92 Å². The number of hydrogen-bond donors (Lipinski definition) is 1. The fourth-order valence-electron chi connectivity index (χ4n) is 0.793. The SMILES string of the molecule is Cc1c(Br)[nH]cc(C(F)F)c1=O. The molecule has 1 rings (SSSR count). The molecule has 0 unspecified atom stereocenters. The van der Waals surface area contributed by atoms with Crippen LogP contribution in [0.5, 0.6) is 0 Å². The molecule has 0 aliphatic heterocycles. The van der Waals surface area contributed by atoms with Crippen molar-refractivity contribution in [2.45, 2.75) is 13.3 Å². The van der Waals surface area contributed by atoms with Crippen LogP contribution in [0.1, 0.15) is 17.6 Å². The second-order valence-electron chi connectivity index (χ2n) is 2.31. The molecule has 0 atom stereocenters. The van der Waals surface area contributed by atoms with E-state index in [1.54, 1.807) is 0 Å². The predicted molar refractivity (Wildman–Crippen MR) is 44.5 cm³/mol. The zero-order chi connectivity index (χ0) is 9.30. The molecule has 0 aromatic carbocycles. The van der Waals surface area contributed by atoms with Crippen molar-refractivity contribution in [3.05, 3.63) is 32.2 Å². The van der Waals surface area contributed by atoms with E-state index in [1.165, 1.54) is 6.92 Å². The van der Waals surface area contributed by atoms with E-state index in [9.17, 15) is 13.6 Å². The minimum atomic E-state index is -2.72. The number of rotatable bonds is 1. The van der Waals surface area contributed by atoms with E-state index in [0.717, 1.165) is 6.20 Å². The smallest absolute Gasteiger partial charge is 0.269 e. The highest BCUT2D eigenvalue weighted by Gasteiger charge is 2.14. The number of pyridine rings is 1. The first-order chi connectivity index (χ1) is 5.54. The van der Waals surface area contributed by atoms with Gasteiger partial charge >= 0.3 is 0 Å². The molecule has 0 bridgehead atoms. The summed E-state index contributed by atoms with van der Waals surface area (Å²) in [5.41, 5.74) is -0.834. The molecule has 0 fully saturated rings. The molecule has 0 saturated carbocycles. The van der Waals surface area contributed by atoms with E-state index < -0.39 is 17.4 Å². The molecule has 1 aromatic heterocycles. The van der Waals surface area contributed by atoms with Crippen LogP contribution in [0.3, 0.4) is 0 Å². The van der Waals surface area contributed by atoms with Crippen molar-refractivity contribution in [2.75, 3.05) is 0 Å². The first-order valence-corrected chi connectivity index (χ1v) is 3.99. The van der Waals surface area contributed by atoms with Crippen molar-refractivity contribution in [3.63, 3.8) is 0 Å². The molecule has 1 heterocycles. The van der Waals surface area contributed by atoms with E-state index in [2.05, 4.69) is 20.9 Å². The van der Waals surface area contributed by atoms with Gasteiger partial charge in [-0.1, -0.05) is 0 Å². The van der Waals surface area contributed by atoms with Gasteiger partial charge in [0.15, 0.2) is 5.43 Å². The molecule has 1 aromatic rings. The zero-order valence-electron chi connectivity index (χ0n) is 6.20. The molecule has 1 N–H and O–H groups in total. The highest BCUT2D eigenvalue weighted by molar-refractivity contribution is 9.10. The van der Waals surface area contributed by atoms with Gasteiger partial charge in [0.2, 0.25) is 0 Å². The average Bonchev–Trinajstić information content (AvgIpc) is 2.00. The van der Waals surface area contributed by atoms with Crippen molar-refractivity contribution < 1.29 is 8.78 Å². The summed E-state index contributed by atoms with van der Waals surface area (Å²) in [4.78, 5) is 13.6. The number of H-pyrrole nitrogens is 1. The topological polar surface area (TPSA) is 32.9 Å². The lowest BCUT2D eigenvalue weighted by molar-refractivity contribution is 0.149. The van der Waals surface area contributed by atoms with E-state index in [0.29, 0.717) is 4.60 Å². The number of halogens is 3. The molecular formula is C7H6BrF2NO. The fourth-order valence-corrected chi connectivity index (χ4v) is 1.09. The fraction of sp³-hybridized carbons (Fsp3) is 0.286. The Bertz CT molecular complexity index is 348. The average molecular weight is 238 g/mol. The molecule has 0 radical (unpaired) electrons. The first kappa shape index (κ1) is 9.38. The van der Waals surface area contributed by atoms with Gasteiger partial charge in [-0.2, -0.15) is 0 Å². The van der Waals surface area contributed by atoms with Crippen molar-refractivity contribution in [2.24, 2.45) is 0 Å². The van der Waals surface area contributed by atoms with Crippen molar-refractivity contribution in [1.82, 2.24) is 4.98 Å². The van der Waals surface area contributed by atoms with Gasteiger partial charge in [-0.3, -0.25) is 4.79 Å². The third kappa shape index (κ3) is 1.55. The molecule has 12 heavy (non-hydrogen) atoms. The van der Waals surface area contributed by atoms with Crippen molar-refractivity contribution in [1.29, 1.82) is 0 Å². The third-order valence-corrected chi connectivity index (χ3v) is 2.35. The lowest BCUT2D eigenvalue weighted by atomic mass is 10.2. The van der Waals surface area contributed by atoms with Crippen LogP contribution < -0.4 is 5.43 Å². The van der Waals surface area contributed by atoms with Gasteiger partial charge in [-0.05, 0) is 22.9 Å². The monoisotopic (exact) mass is 237 g/mol. The first-order valence-electron chi connectivity index (χ1n) is 3.20. The lowest BCUT2D eigenvalue weighted by Crippen LogP contribution is -2.13. The number of nitrogens with one attached hydrogen (secondary N) is 1. The Morgan fingerprint density at radius 1 is 1.58 bits per heavy atom. The molecule has 2 nitrogen and oxygen atoms in total. The van der Waals surface area contributed by atoms with Crippen LogP contribution >= 0.6 is 15.9 Å². The maximum Gasteiger partial charge on any atom is 0.269 e. The van der Waals surface area contributed by atoms with Crippen LogP contribution in [-0.4, -0.2) is 4.98 Å². The Balaban J connectivity index is 3.37. The Kier molecular flexibility index (Phi) is 2.62. The van der Waals surface area contributed by atoms with E-state index >= 15 is 0 Å². The lowest BCUT2D eigenvalue weighted by Gasteiger charge is -2.01. The van der Waals surface area contributed by atoms with E-state index in [4.69, 9.17) is 0 Å². The quantitative estimate of drug-likeness (QED) is 0.748. The number of alkyl halides is 2. The third-order valence-electron chi connectivity index (χ3n) is 1.52. The summed E-state index contributed by atoms with van der Waals surface area (Å²) in [6.07, 6.45) is -1.70. The van der Waals surface area contributed by atoms with Gasteiger partial charge in [0.25, 0.3) is 6.43 Å². The molecule has 66 valence electrons. The Morgan fingerprint density at radius 2 is 2.17 bits per heavy atom. The molecule has 0 aliphatic carbocycles. The Hall–Kier alpha value is -0.710.